The normalized spacial score (nSPS) is 23.7. The Bertz CT molecular complexity index is 584. The number of nitrogens with zero attached hydrogens (tertiary/aromatic N) is 2. The number of rotatable bonds is 4. The van der Waals surface area contributed by atoms with E-state index in [0.717, 1.165) is 6.42 Å². The number of carbonyl (C=O) groups excluding carboxylic acids is 2. The van der Waals surface area contributed by atoms with Gasteiger partial charge in [0.15, 0.2) is 5.76 Å². The molecule has 0 spiro atoms. The van der Waals surface area contributed by atoms with E-state index >= 15 is 0 Å². The molecule has 1 N–H and O–H groups in total. The molecule has 0 aliphatic carbocycles. The molecule has 2 amide bonds. The average Bonchev–Trinajstić information content (AvgIpc) is 3.05. The van der Waals surface area contributed by atoms with Crippen molar-refractivity contribution in [3.8, 4) is 0 Å². The highest BCUT2D eigenvalue weighted by Crippen LogP contribution is 2.29. The number of fused-ring (bicyclic) bond motifs is 2. The Labute approximate surface area is 133 Å². The molecule has 2 bridgehead atoms. The van der Waals surface area contributed by atoms with Crippen molar-refractivity contribution in [2.24, 2.45) is 11.8 Å². The van der Waals surface area contributed by atoms with Crippen molar-refractivity contribution in [1.82, 2.24) is 9.80 Å². The minimum Gasteiger partial charge on any atom is -0.481 e. The summed E-state index contributed by atoms with van der Waals surface area (Å²) in [6, 6.07) is 3.36. The molecule has 2 aliphatic rings. The Balaban J connectivity index is 1.59. The first-order valence-electron chi connectivity index (χ1n) is 7.85. The number of likely N-dealkylation sites (tertiary alicyclic amines) is 2. The zero-order valence-corrected chi connectivity index (χ0v) is 12.8. The molecule has 2 saturated heterocycles. The smallest absolute Gasteiger partial charge is 0.303 e. The first kappa shape index (κ1) is 15.6. The predicted octanol–water partition coefficient (Wildman–Crippen LogP) is 1.06. The van der Waals surface area contributed by atoms with Gasteiger partial charge in [-0.05, 0) is 30.4 Å². The monoisotopic (exact) mass is 320 g/mol. The highest BCUT2D eigenvalue weighted by Gasteiger charge is 2.37. The topological polar surface area (TPSA) is 91.1 Å². The third-order valence-corrected chi connectivity index (χ3v) is 4.51. The lowest BCUT2D eigenvalue weighted by atomic mass is 9.84. The summed E-state index contributed by atoms with van der Waals surface area (Å²) in [4.78, 5) is 38.6. The lowest BCUT2D eigenvalue weighted by Crippen LogP contribution is -2.55. The van der Waals surface area contributed by atoms with Crippen LogP contribution in [-0.2, 0) is 9.59 Å². The van der Waals surface area contributed by atoms with Crippen LogP contribution in [0.25, 0.3) is 0 Å². The maximum Gasteiger partial charge on any atom is 0.303 e. The highest BCUT2D eigenvalue weighted by molar-refractivity contribution is 5.91. The molecular weight excluding hydrogens is 300 g/mol. The van der Waals surface area contributed by atoms with Gasteiger partial charge in [0.25, 0.3) is 5.91 Å². The van der Waals surface area contributed by atoms with Crippen LogP contribution in [0.15, 0.2) is 22.8 Å². The predicted molar refractivity (Wildman–Crippen MR) is 79.7 cm³/mol. The zero-order chi connectivity index (χ0) is 16.4. The van der Waals surface area contributed by atoms with Gasteiger partial charge in [0.05, 0.1) is 12.7 Å². The van der Waals surface area contributed by atoms with E-state index in [1.54, 1.807) is 21.9 Å². The maximum atomic E-state index is 12.4. The first-order valence-corrected chi connectivity index (χ1v) is 7.85. The Kier molecular flexibility index (Phi) is 4.36. The number of carboxylic acids is 1. The van der Waals surface area contributed by atoms with E-state index in [0.29, 0.717) is 31.9 Å². The molecule has 3 heterocycles. The fourth-order valence-corrected chi connectivity index (χ4v) is 3.58. The second kappa shape index (κ2) is 6.44. The number of carboxylic acid groups (broad SMARTS) is 1. The number of furan rings is 1. The van der Waals surface area contributed by atoms with Crippen LogP contribution in [0.5, 0.6) is 0 Å². The van der Waals surface area contributed by atoms with Crippen LogP contribution in [0, 0.1) is 11.8 Å². The van der Waals surface area contributed by atoms with E-state index in [1.165, 1.54) is 6.26 Å². The van der Waals surface area contributed by atoms with Gasteiger partial charge in [-0.15, -0.1) is 0 Å². The van der Waals surface area contributed by atoms with Crippen molar-refractivity contribution in [2.75, 3.05) is 26.2 Å². The standard InChI is InChI=1S/C16H20N2O5/c19-14(3-4-15(20)21)17-7-11-6-12(8-17)10-18(9-11)16(22)13-2-1-5-23-13/h1-2,5,11-12H,3-4,6-10H2,(H,20,21)/t11-,12+. The van der Waals surface area contributed by atoms with Crippen molar-refractivity contribution in [3.05, 3.63) is 24.2 Å². The van der Waals surface area contributed by atoms with Gasteiger partial charge in [-0.2, -0.15) is 0 Å². The lowest BCUT2D eigenvalue weighted by Gasteiger charge is -2.45. The number of hydrogen-bond acceptors (Lipinski definition) is 4. The van der Waals surface area contributed by atoms with E-state index in [2.05, 4.69) is 0 Å². The first-order chi connectivity index (χ1) is 11.0. The van der Waals surface area contributed by atoms with Gasteiger partial charge < -0.3 is 19.3 Å². The molecule has 124 valence electrons. The van der Waals surface area contributed by atoms with Gasteiger partial charge in [-0.25, -0.2) is 0 Å². The summed E-state index contributed by atoms with van der Waals surface area (Å²) in [5.41, 5.74) is 0. The molecule has 2 fully saturated rings. The second-order valence-electron chi connectivity index (χ2n) is 6.35. The Morgan fingerprint density at radius 1 is 1.09 bits per heavy atom. The second-order valence-corrected chi connectivity index (χ2v) is 6.35. The molecule has 0 aromatic carbocycles. The summed E-state index contributed by atoms with van der Waals surface area (Å²) >= 11 is 0. The Hall–Kier alpha value is -2.31. The molecule has 0 unspecified atom stereocenters. The quantitative estimate of drug-likeness (QED) is 0.896. The zero-order valence-electron chi connectivity index (χ0n) is 12.8. The SMILES string of the molecule is O=C(O)CCC(=O)N1C[C@H]2C[C@@H](C1)CN(C(=O)c1ccco1)C2. The molecule has 1 aromatic heterocycles. The maximum absolute atomic E-state index is 12.4. The fourth-order valence-electron chi connectivity index (χ4n) is 3.58. The molecule has 7 nitrogen and oxygen atoms in total. The summed E-state index contributed by atoms with van der Waals surface area (Å²) < 4.78 is 5.17. The Morgan fingerprint density at radius 3 is 2.30 bits per heavy atom. The van der Waals surface area contributed by atoms with Crippen LogP contribution < -0.4 is 0 Å². The lowest BCUT2D eigenvalue weighted by molar-refractivity contribution is -0.142. The minimum atomic E-state index is -0.953. The van der Waals surface area contributed by atoms with E-state index in [9.17, 15) is 14.4 Å². The molecule has 1 aromatic rings. The third-order valence-electron chi connectivity index (χ3n) is 4.51. The molecule has 0 radical (unpaired) electrons. The largest absolute Gasteiger partial charge is 0.481 e. The van der Waals surface area contributed by atoms with Crippen LogP contribution >= 0.6 is 0 Å². The minimum absolute atomic E-state index is 0.0454. The van der Waals surface area contributed by atoms with Crippen molar-refractivity contribution in [2.45, 2.75) is 19.3 Å². The molecular formula is C16H20N2O5. The van der Waals surface area contributed by atoms with Gasteiger partial charge in [0, 0.05) is 32.6 Å². The number of aliphatic carboxylic acids is 1. The van der Waals surface area contributed by atoms with Crippen LogP contribution in [0.1, 0.15) is 29.8 Å². The highest BCUT2D eigenvalue weighted by atomic mass is 16.4. The summed E-state index contributed by atoms with van der Waals surface area (Å²) in [7, 11) is 0. The van der Waals surface area contributed by atoms with Crippen LogP contribution in [-0.4, -0.2) is 58.9 Å². The molecule has 7 heteroatoms. The van der Waals surface area contributed by atoms with E-state index in [4.69, 9.17) is 9.52 Å². The number of amides is 2. The van der Waals surface area contributed by atoms with Gasteiger partial charge in [-0.1, -0.05) is 0 Å². The number of carbonyl (C=O) groups is 3. The van der Waals surface area contributed by atoms with Gasteiger partial charge in [0.2, 0.25) is 5.91 Å². The van der Waals surface area contributed by atoms with Gasteiger partial charge >= 0.3 is 5.97 Å². The van der Waals surface area contributed by atoms with E-state index < -0.39 is 5.97 Å². The third kappa shape index (κ3) is 3.55. The van der Waals surface area contributed by atoms with Crippen LogP contribution in [0.3, 0.4) is 0 Å². The van der Waals surface area contributed by atoms with Gasteiger partial charge in [0.1, 0.15) is 0 Å². The number of hydrogen-bond donors (Lipinski definition) is 1. The van der Waals surface area contributed by atoms with Crippen LogP contribution in [0.4, 0.5) is 0 Å². The molecule has 2 aliphatic heterocycles. The molecule has 2 atom stereocenters. The average molecular weight is 320 g/mol. The van der Waals surface area contributed by atoms with Crippen molar-refractivity contribution in [1.29, 1.82) is 0 Å². The van der Waals surface area contributed by atoms with E-state index in [-0.39, 0.29) is 36.5 Å². The summed E-state index contributed by atoms with van der Waals surface area (Å²) in [6.45, 7) is 2.41. The van der Waals surface area contributed by atoms with Gasteiger partial charge in [-0.3, -0.25) is 14.4 Å². The van der Waals surface area contributed by atoms with Crippen LogP contribution in [0.2, 0.25) is 0 Å². The molecule has 23 heavy (non-hydrogen) atoms. The fraction of sp³-hybridized carbons (Fsp3) is 0.562. The summed E-state index contributed by atoms with van der Waals surface area (Å²) in [5.74, 6) is -0.321. The molecule has 0 saturated carbocycles. The summed E-state index contributed by atoms with van der Waals surface area (Å²) in [6.07, 6.45) is 2.41. The summed E-state index contributed by atoms with van der Waals surface area (Å²) in [5, 5.41) is 8.68. The number of piperidine rings is 2. The van der Waals surface area contributed by atoms with E-state index in [1.807, 2.05) is 0 Å². The Morgan fingerprint density at radius 2 is 1.74 bits per heavy atom. The van der Waals surface area contributed by atoms with Crippen molar-refractivity contribution in [3.63, 3.8) is 0 Å². The van der Waals surface area contributed by atoms with Crippen molar-refractivity contribution < 1.29 is 23.9 Å². The molecule has 3 rings (SSSR count). The van der Waals surface area contributed by atoms with Crippen molar-refractivity contribution >= 4 is 17.8 Å².